The highest BCUT2D eigenvalue weighted by Gasteiger charge is 2.16. The molecule has 0 saturated carbocycles. The molecule has 0 spiro atoms. The van der Waals surface area contributed by atoms with Crippen LogP contribution in [0, 0.1) is 0 Å². The number of benzene rings is 1. The molecule has 0 aliphatic heterocycles. The Morgan fingerprint density at radius 2 is 2.14 bits per heavy atom. The third kappa shape index (κ3) is 2.83. The lowest BCUT2D eigenvalue weighted by molar-refractivity contribution is 0.0913. The van der Waals surface area contributed by atoms with Gasteiger partial charge in [-0.1, -0.05) is 18.2 Å². The van der Waals surface area contributed by atoms with E-state index in [2.05, 4.69) is 26.2 Å². The van der Waals surface area contributed by atoms with Gasteiger partial charge in [0, 0.05) is 11.6 Å². The molecule has 0 fully saturated rings. The van der Waals surface area contributed by atoms with Gasteiger partial charge >= 0.3 is 0 Å². The highest BCUT2D eigenvalue weighted by atomic mass is 79.9. The Kier molecular flexibility index (Phi) is 3.75. The summed E-state index contributed by atoms with van der Waals surface area (Å²) in [5.74, 6) is 0.0379. The summed E-state index contributed by atoms with van der Waals surface area (Å²) in [6.07, 6.45) is 1.70. The van der Waals surface area contributed by atoms with Crippen LogP contribution in [0.1, 0.15) is 29.2 Å². The van der Waals surface area contributed by atoms with E-state index < -0.39 is 0 Å². The number of fused-ring (bicyclic) bond motifs is 1. The van der Waals surface area contributed by atoms with Crippen molar-refractivity contribution in [3.05, 3.63) is 64.6 Å². The molecule has 1 unspecified atom stereocenters. The van der Waals surface area contributed by atoms with Gasteiger partial charge in [0.1, 0.15) is 5.58 Å². The maximum Gasteiger partial charge on any atom is 0.287 e. The molecule has 1 aromatic carbocycles. The highest BCUT2D eigenvalue weighted by Crippen LogP contribution is 2.27. The number of para-hydroxylation sites is 1. The van der Waals surface area contributed by atoms with E-state index in [-0.39, 0.29) is 11.9 Å². The number of carbonyl (C=O) groups excluding carboxylic acids is 1. The zero-order valence-corrected chi connectivity index (χ0v) is 12.9. The van der Waals surface area contributed by atoms with Gasteiger partial charge in [0.15, 0.2) is 5.76 Å². The van der Waals surface area contributed by atoms with Gasteiger partial charge in [-0.15, -0.1) is 0 Å². The number of halogens is 1. The standard InChI is InChI=1S/C16H13BrN2O2/c1-10(13-7-2-3-8-18-13)19-16(20)14-9-11-5-4-6-12(17)15(11)21-14/h2-10H,1H3,(H,19,20). The normalized spacial score (nSPS) is 12.3. The minimum absolute atomic E-state index is 0.185. The van der Waals surface area contributed by atoms with E-state index in [1.807, 2.05) is 43.3 Å². The second kappa shape index (κ2) is 5.69. The average molecular weight is 345 g/mol. The molecular formula is C16H13BrN2O2. The first kappa shape index (κ1) is 13.8. The molecule has 0 radical (unpaired) electrons. The third-order valence-electron chi connectivity index (χ3n) is 3.20. The SMILES string of the molecule is CC(NC(=O)c1cc2cccc(Br)c2o1)c1ccccn1. The molecular weight excluding hydrogens is 332 g/mol. The van der Waals surface area contributed by atoms with Crippen molar-refractivity contribution in [3.63, 3.8) is 0 Å². The summed E-state index contributed by atoms with van der Waals surface area (Å²) in [5, 5.41) is 3.77. The van der Waals surface area contributed by atoms with Crippen LogP contribution >= 0.6 is 15.9 Å². The van der Waals surface area contributed by atoms with Gasteiger partial charge in [-0.3, -0.25) is 9.78 Å². The summed E-state index contributed by atoms with van der Waals surface area (Å²) in [6.45, 7) is 1.89. The lowest BCUT2D eigenvalue weighted by atomic mass is 10.2. The van der Waals surface area contributed by atoms with Crippen LogP contribution in [-0.2, 0) is 0 Å². The highest BCUT2D eigenvalue weighted by molar-refractivity contribution is 9.10. The molecule has 21 heavy (non-hydrogen) atoms. The van der Waals surface area contributed by atoms with Crippen LogP contribution in [0.2, 0.25) is 0 Å². The van der Waals surface area contributed by atoms with Crippen LogP contribution < -0.4 is 5.32 Å². The van der Waals surface area contributed by atoms with Gasteiger partial charge in [0.2, 0.25) is 0 Å². The quantitative estimate of drug-likeness (QED) is 0.778. The molecule has 0 aliphatic carbocycles. The van der Waals surface area contributed by atoms with Gasteiger partial charge in [-0.25, -0.2) is 0 Å². The fraction of sp³-hybridized carbons (Fsp3) is 0.125. The van der Waals surface area contributed by atoms with E-state index >= 15 is 0 Å². The van der Waals surface area contributed by atoms with Gasteiger partial charge in [0.05, 0.1) is 16.2 Å². The molecule has 1 amide bonds. The predicted octanol–water partition coefficient (Wildman–Crippen LogP) is 4.08. The number of hydrogen-bond donors (Lipinski definition) is 1. The second-order valence-corrected chi connectivity index (χ2v) is 5.57. The van der Waals surface area contributed by atoms with Crippen molar-refractivity contribution in [2.75, 3.05) is 0 Å². The van der Waals surface area contributed by atoms with Gasteiger partial charge in [-0.2, -0.15) is 0 Å². The molecule has 2 aromatic heterocycles. The Balaban J connectivity index is 1.82. The molecule has 1 N–H and O–H groups in total. The van der Waals surface area contributed by atoms with Crippen molar-refractivity contribution < 1.29 is 9.21 Å². The van der Waals surface area contributed by atoms with Gasteiger partial charge < -0.3 is 9.73 Å². The summed E-state index contributed by atoms with van der Waals surface area (Å²) in [4.78, 5) is 16.5. The molecule has 3 aromatic rings. The van der Waals surface area contributed by atoms with E-state index in [0.29, 0.717) is 11.3 Å². The molecule has 0 aliphatic rings. The lowest BCUT2D eigenvalue weighted by Gasteiger charge is -2.11. The van der Waals surface area contributed by atoms with E-state index in [4.69, 9.17) is 4.42 Å². The maximum absolute atomic E-state index is 12.3. The summed E-state index contributed by atoms with van der Waals surface area (Å²) in [6, 6.07) is 12.8. The number of hydrogen-bond acceptors (Lipinski definition) is 3. The van der Waals surface area contributed by atoms with E-state index in [1.165, 1.54) is 0 Å². The number of furan rings is 1. The first-order chi connectivity index (χ1) is 10.1. The summed E-state index contributed by atoms with van der Waals surface area (Å²) in [5.41, 5.74) is 1.48. The minimum atomic E-state index is -0.253. The predicted molar refractivity (Wildman–Crippen MR) is 84.0 cm³/mol. The number of nitrogens with zero attached hydrogens (tertiary/aromatic N) is 1. The van der Waals surface area contributed by atoms with Crippen molar-refractivity contribution >= 4 is 32.8 Å². The van der Waals surface area contributed by atoms with Crippen LogP contribution in [0.15, 0.2) is 57.6 Å². The van der Waals surface area contributed by atoms with Crippen LogP contribution in [0.5, 0.6) is 0 Å². The monoisotopic (exact) mass is 344 g/mol. The fourth-order valence-corrected chi connectivity index (χ4v) is 2.58. The van der Waals surface area contributed by atoms with Crippen LogP contribution in [-0.4, -0.2) is 10.9 Å². The average Bonchev–Trinajstić information content (AvgIpc) is 2.94. The molecule has 3 rings (SSSR count). The number of nitrogens with one attached hydrogen (secondary N) is 1. The number of rotatable bonds is 3. The van der Waals surface area contributed by atoms with Gasteiger partial charge in [-0.05, 0) is 47.1 Å². The Morgan fingerprint density at radius 1 is 1.29 bits per heavy atom. The topological polar surface area (TPSA) is 55.1 Å². The number of carbonyl (C=O) groups is 1. The Hall–Kier alpha value is -2.14. The zero-order chi connectivity index (χ0) is 14.8. The molecule has 1 atom stereocenters. The summed E-state index contributed by atoms with van der Waals surface area (Å²) < 4.78 is 6.45. The Labute approximate surface area is 130 Å². The first-order valence-corrected chi connectivity index (χ1v) is 7.34. The molecule has 4 nitrogen and oxygen atoms in total. The Morgan fingerprint density at radius 3 is 2.86 bits per heavy atom. The third-order valence-corrected chi connectivity index (χ3v) is 3.82. The number of pyridine rings is 1. The zero-order valence-electron chi connectivity index (χ0n) is 11.3. The summed E-state index contributed by atoms with van der Waals surface area (Å²) >= 11 is 3.41. The smallest absolute Gasteiger partial charge is 0.287 e. The largest absolute Gasteiger partial charge is 0.450 e. The van der Waals surface area contributed by atoms with Crippen molar-refractivity contribution in [2.24, 2.45) is 0 Å². The van der Waals surface area contributed by atoms with Crippen LogP contribution in [0.25, 0.3) is 11.0 Å². The number of amides is 1. The van der Waals surface area contributed by atoms with Crippen molar-refractivity contribution in [2.45, 2.75) is 13.0 Å². The Bertz CT molecular complexity index is 783. The van der Waals surface area contributed by atoms with E-state index in [1.54, 1.807) is 12.3 Å². The molecule has 2 heterocycles. The van der Waals surface area contributed by atoms with E-state index in [0.717, 1.165) is 15.6 Å². The first-order valence-electron chi connectivity index (χ1n) is 6.55. The van der Waals surface area contributed by atoms with Gasteiger partial charge in [0.25, 0.3) is 5.91 Å². The molecule has 0 bridgehead atoms. The lowest BCUT2D eigenvalue weighted by Crippen LogP contribution is -2.26. The molecule has 106 valence electrons. The summed E-state index contributed by atoms with van der Waals surface area (Å²) in [7, 11) is 0. The second-order valence-electron chi connectivity index (χ2n) is 4.72. The number of aromatic nitrogens is 1. The van der Waals surface area contributed by atoms with Crippen LogP contribution in [0.4, 0.5) is 0 Å². The van der Waals surface area contributed by atoms with Crippen molar-refractivity contribution in [3.8, 4) is 0 Å². The van der Waals surface area contributed by atoms with Crippen molar-refractivity contribution in [1.82, 2.24) is 10.3 Å². The van der Waals surface area contributed by atoms with Crippen molar-refractivity contribution in [1.29, 1.82) is 0 Å². The molecule has 5 heteroatoms. The van der Waals surface area contributed by atoms with Crippen LogP contribution in [0.3, 0.4) is 0 Å². The molecule has 0 saturated heterocycles. The minimum Gasteiger partial charge on any atom is -0.450 e. The van der Waals surface area contributed by atoms with E-state index in [9.17, 15) is 4.79 Å². The maximum atomic E-state index is 12.3. The fourth-order valence-electron chi connectivity index (χ4n) is 2.11.